The number of ether oxygens (including phenoxy) is 2. The molecule has 2 atom stereocenters. The standard InChI is InChI=1S/C14H17ClO3/c1-4-18-12-6-5-10(7-11(12)15)14(8-9(14)2)13(16)17-3/h5-7,9H,4,8H2,1-3H3. The lowest BCUT2D eigenvalue weighted by atomic mass is 9.93. The van der Waals surface area contributed by atoms with Crippen molar-refractivity contribution in [3.8, 4) is 5.75 Å². The van der Waals surface area contributed by atoms with E-state index in [0.29, 0.717) is 23.3 Å². The first-order chi connectivity index (χ1) is 8.56. The minimum Gasteiger partial charge on any atom is -0.492 e. The lowest BCUT2D eigenvalue weighted by Gasteiger charge is -2.16. The molecule has 2 unspecified atom stereocenters. The van der Waals surface area contributed by atoms with Gasteiger partial charge >= 0.3 is 5.97 Å². The van der Waals surface area contributed by atoms with Crippen molar-refractivity contribution in [1.82, 2.24) is 0 Å². The molecule has 1 aromatic rings. The first-order valence-corrected chi connectivity index (χ1v) is 6.45. The number of carbonyl (C=O) groups is 1. The van der Waals surface area contributed by atoms with Crippen LogP contribution in [0.3, 0.4) is 0 Å². The van der Waals surface area contributed by atoms with Crippen molar-refractivity contribution in [2.45, 2.75) is 25.7 Å². The van der Waals surface area contributed by atoms with Crippen LogP contribution in [0.2, 0.25) is 5.02 Å². The lowest BCUT2D eigenvalue weighted by Crippen LogP contribution is -2.24. The Balaban J connectivity index is 2.34. The van der Waals surface area contributed by atoms with Crippen molar-refractivity contribution in [3.05, 3.63) is 28.8 Å². The van der Waals surface area contributed by atoms with Crippen LogP contribution < -0.4 is 4.74 Å². The van der Waals surface area contributed by atoms with E-state index >= 15 is 0 Å². The summed E-state index contributed by atoms with van der Waals surface area (Å²) in [5, 5.41) is 0.539. The van der Waals surface area contributed by atoms with Crippen molar-refractivity contribution in [3.63, 3.8) is 0 Å². The fraction of sp³-hybridized carbons (Fsp3) is 0.500. The van der Waals surface area contributed by atoms with E-state index in [1.807, 2.05) is 32.0 Å². The summed E-state index contributed by atoms with van der Waals surface area (Å²) in [5.41, 5.74) is 0.402. The molecule has 0 heterocycles. The second-order valence-corrected chi connectivity index (χ2v) is 5.05. The van der Waals surface area contributed by atoms with Gasteiger partial charge in [0.25, 0.3) is 0 Å². The fourth-order valence-corrected chi connectivity index (χ4v) is 2.70. The van der Waals surface area contributed by atoms with Crippen LogP contribution in [0.25, 0.3) is 0 Å². The number of hydrogen-bond acceptors (Lipinski definition) is 3. The highest BCUT2D eigenvalue weighted by Crippen LogP contribution is 2.55. The zero-order valence-electron chi connectivity index (χ0n) is 10.8. The van der Waals surface area contributed by atoms with Crippen LogP contribution in [0.1, 0.15) is 25.8 Å². The summed E-state index contributed by atoms with van der Waals surface area (Å²) in [6, 6.07) is 5.53. The number of benzene rings is 1. The van der Waals surface area contributed by atoms with Gasteiger partial charge < -0.3 is 9.47 Å². The Labute approximate surface area is 112 Å². The Morgan fingerprint density at radius 3 is 2.67 bits per heavy atom. The molecule has 0 spiro atoms. The molecule has 0 N–H and O–H groups in total. The first kappa shape index (κ1) is 13.2. The average molecular weight is 269 g/mol. The van der Waals surface area contributed by atoms with Gasteiger partial charge in [-0.25, -0.2) is 0 Å². The van der Waals surface area contributed by atoms with Gasteiger partial charge in [0.15, 0.2) is 0 Å². The number of carbonyl (C=O) groups excluding carboxylic acids is 1. The van der Waals surface area contributed by atoms with E-state index in [9.17, 15) is 4.79 Å². The fourth-order valence-electron chi connectivity index (χ4n) is 2.46. The molecule has 0 aliphatic heterocycles. The predicted octanol–water partition coefficient (Wildman–Crippen LogP) is 3.19. The molecule has 3 nitrogen and oxygen atoms in total. The molecule has 1 aliphatic rings. The topological polar surface area (TPSA) is 35.5 Å². The van der Waals surface area contributed by atoms with Crippen LogP contribution in [-0.2, 0) is 14.9 Å². The molecule has 1 aromatic carbocycles. The monoisotopic (exact) mass is 268 g/mol. The molecule has 1 saturated carbocycles. The van der Waals surface area contributed by atoms with E-state index in [4.69, 9.17) is 21.1 Å². The van der Waals surface area contributed by atoms with Crippen molar-refractivity contribution in [2.75, 3.05) is 13.7 Å². The summed E-state index contributed by atoms with van der Waals surface area (Å²) in [7, 11) is 1.42. The molecule has 0 radical (unpaired) electrons. The van der Waals surface area contributed by atoms with Crippen LogP contribution >= 0.6 is 11.6 Å². The third-order valence-corrected chi connectivity index (χ3v) is 3.90. The number of methoxy groups -OCH3 is 1. The smallest absolute Gasteiger partial charge is 0.316 e. The van der Waals surface area contributed by atoms with Crippen molar-refractivity contribution in [1.29, 1.82) is 0 Å². The van der Waals surface area contributed by atoms with Gasteiger partial charge in [0.05, 0.1) is 24.2 Å². The van der Waals surface area contributed by atoms with Gasteiger partial charge in [0.1, 0.15) is 5.75 Å². The lowest BCUT2D eigenvalue weighted by molar-refractivity contribution is -0.144. The van der Waals surface area contributed by atoms with E-state index in [1.165, 1.54) is 7.11 Å². The van der Waals surface area contributed by atoms with Crippen molar-refractivity contribution >= 4 is 17.6 Å². The molecule has 98 valence electrons. The zero-order chi connectivity index (χ0) is 13.3. The van der Waals surface area contributed by atoms with E-state index in [0.717, 1.165) is 12.0 Å². The summed E-state index contributed by atoms with van der Waals surface area (Å²) < 4.78 is 10.3. The highest BCUT2D eigenvalue weighted by atomic mass is 35.5. The number of esters is 1. The highest BCUT2D eigenvalue weighted by molar-refractivity contribution is 6.32. The molecule has 2 rings (SSSR count). The van der Waals surface area contributed by atoms with Gasteiger partial charge in [-0.2, -0.15) is 0 Å². The van der Waals surface area contributed by atoms with E-state index in [-0.39, 0.29) is 5.97 Å². The molecule has 1 fully saturated rings. The number of hydrogen-bond donors (Lipinski definition) is 0. The maximum Gasteiger partial charge on any atom is 0.316 e. The van der Waals surface area contributed by atoms with Gasteiger partial charge in [-0.15, -0.1) is 0 Å². The molecule has 0 amide bonds. The Morgan fingerprint density at radius 1 is 1.56 bits per heavy atom. The van der Waals surface area contributed by atoms with Crippen LogP contribution in [0.15, 0.2) is 18.2 Å². The van der Waals surface area contributed by atoms with E-state index in [1.54, 1.807) is 0 Å². The van der Waals surface area contributed by atoms with Crippen LogP contribution in [0.5, 0.6) is 5.75 Å². The van der Waals surface area contributed by atoms with Crippen LogP contribution in [0, 0.1) is 5.92 Å². The Hall–Kier alpha value is -1.22. The van der Waals surface area contributed by atoms with Crippen LogP contribution in [-0.4, -0.2) is 19.7 Å². The van der Waals surface area contributed by atoms with Gasteiger partial charge in [0, 0.05) is 0 Å². The Morgan fingerprint density at radius 2 is 2.22 bits per heavy atom. The van der Waals surface area contributed by atoms with Gasteiger partial charge in [-0.05, 0) is 37.0 Å². The normalized spacial score (nSPS) is 25.7. The quantitative estimate of drug-likeness (QED) is 0.787. The Kier molecular flexibility index (Phi) is 3.53. The maximum atomic E-state index is 11.9. The third-order valence-electron chi connectivity index (χ3n) is 3.61. The molecule has 4 heteroatoms. The minimum atomic E-state index is -0.511. The highest BCUT2D eigenvalue weighted by Gasteiger charge is 2.59. The summed E-state index contributed by atoms with van der Waals surface area (Å²) in [4.78, 5) is 11.9. The molecule has 1 aliphatic carbocycles. The molecule has 0 aromatic heterocycles. The molecular formula is C14H17ClO3. The average Bonchev–Trinajstić information content (AvgIpc) is 3.04. The summed E-state index contributed by atoms with van der Waals surface area (Å²) in [6.07, 6.45) is 0.810. The van der Waals surface area contributed by atoms with Crippen molar-refractivity contribution < 1.29 is 14.3 Å². The third kappa shape index (κ3) is 1.97. The van der Waals surface area contributed by atoms with Gasteiger partial charge in [-0.3, -0.25) is 4.79 Å². The maximum absolute atomic E-state index is 11.9. The first-order valence-electron chi connectivity index (χ1n) is 6.07. The van der Waals surface area contributed by atoms with E-state index in [2.05, 4.69) is 0 Å². The minimum absolute atomic E-state index is 0.185. The molecule has 18 heavy (non-hydrogen) atoms. The molecule has 0 saturated heterocycles. The van der Waals surface area contributed by atoms with Gasteiger partial charge in [0.2, 0.25) is 0 Å². The van der Waals surface area contributed by atoms with E-state index < -0.39 is 5.41 Å². The zero-order valence-corrected chi connectivity index (χ0v) is 11.6. The summed E-state index contributed by atoms with van der Waals surface area (Å²) >= 11 is 6.16. The second kappa shape index (κ2) is 4.81. The van der Waals surface area contributed by atoms with Gasteiger partial charge in [-0.1, -0.05) is 24.6 Å². The summed E-state index contributed by atoms with van der Waals surface area (Å²) in [5.74, 6) is 0.755. The SMILES string of the molecule is CCOc1ccc(C2(C(=O)OC)CC2C)cc1Cl. The molecular weight excluding hydrogens is 252 g/mol. The Bertz CT molecular complexity index is 472. The number of halogens is 1. The molecule has 0 bridgehead atoms. The predicted molar refractivity (Wildman–Crippen MR) is 70.1 cm³/mol. The number of rotatable bonds is 4. The largest absolute Gasteiger partial charge is 0.492 e. The second-order valence-electron chi connectivity index (χ2n) is 4.65. The van der Waals surface area contributed by atoms with Crippen LogP contribution in [0.4, 0.5) is 0 Å². The van der Waals surface area contributed by atoms with Crippen molar-refractivity contribution in [2.24, 2.45) is 5.92 Å². The summed E-state index contributed by atoms with van der Waals surface area (Å²) in [6.45, 7) is 4.52.